The second kappa shape index (κ2) is 7.51. The van der Waals surface area contributed by atoms with Crippen LogP contribution in [0.4, 0.5) is 9.18 Å². The molecule has 1 saturated carbocycles. The summed E-state index contributed by atoms with van der Waals surface area (Å²) in [6.45, 7) is 3.52. The molecule has 2 amide bonds. The van der Waals surface area contributed by atoms with E-state index in [1.54, 1.807) is 12.1 Å². The van der Waals surface area contributed by atoms with Crippen molar-refractivity contribution in [3.63, 3.8) is 0 Å². The van der Waals surface area contributed by atoms with Crippen LogP contribution in [0.1, 0.15) is 50.7 Å². The molecule has 2 fully saturated rings. The van der Waals surface area contributed by atoms with Gasteiger partial charge < -0.3 is 15.3 Å². The summed E-state index contributed by atoms with van der Waals surface area (Å²) >= 11 is 0. The van der Waals surface area contributed by atoms with E-state index in [1.165, 1.54) is 25.0 Å². The lowest BCUT2D eigenvalue weighted by atomic mass is 9.87. The third-order valence-corrected chi connectivity index (χ3v) is 5.66. The number of nitrogens with zero attached hydrogens (tertiary/aromatic N) is 1. The molecule has 24 heavy (non-hydrogen) atoms. The summed E-state index contributed by atoms with van der Waals surface area (Å²) in [5, 5.41) is 13.6. The Morgan fingerprint density at radius 3 is 2.46 bits per heavy atom. The first kappa shape index (κ1) is 17.2. The fourth-order valence-corrected chi connectivity index (χ4v) is 3.96. The summed E-state index contributed by atoms with van der Waals surface area (Å²) in [6, 6.07) is 6.37. The van der Waals surface area contributed by atoms with Crippen LogP contribution < -0.4 is 5.32 Å². The number of amides is 2. The highest BCUT2D eigenvalue weighted by Gasteiger charge is 2.31. The number of aliphatic hydroxyl groups is 1. The topological polar surface area (TPSA) is 52.6 Å². The van der Waals surface area contributed by atoms with E-state index in [4.69, 9.17) is 0 Å². The van der Waals surface area contributed by atoms with Gasteiger partial charge in [-0.1, -0.05) is 25.5 Å². The molecule has 1 aliphatic carbocycles. The number of carbonyl (C=O) groups excluding carboxylic acids is 1. The molecule has 0 aromatic heterocycles. The number of halogens is 1. The zero-order valence-corrected chi connectivity index (χ0v) is 14.2. The third-order valence-electron chi connectivity index (χ3n) is 5.66. The van der Waals surface area contributed by atoms with Gasteiger partial charge in [-0.2, -0.15) is 0 Å². The highest BCUT2D eigenvalue weighted by atomic mass is 19.1. The van der Waals surface area contributed by atoms with E-state index in [2.05, 4.69) is 12.2 Å². The first-order valence-corrected chi connectivity index (χ1v) is 9.03. The van der Waals surface area contributed by atoms with Crippen LogP contribution >= 0.6 is 0 Å². The van der Waals surface area contributed by atoms with Crippen molar-refractivity contribution in [2.24, 2.45) is 11.8 Å². The molecule has 3 rings (SSSR count). The molecule has 132 valence electrons. The second-order valence-electron chi connectivity index (χ2n) is 7.29. The molecule has 5 heteroatoms. The van der Waals surface area contributed by atoms with Crippen molar-refractivity contribution in [2.75, 3.05) is 13.1 Å². The van der Waals surface area contributed by atoms with Crippen molar-refractivity contribution < 1.29 is 14.3 Å². The van der Waals surface area contributed by atoms with Gasteiger partial charge in [0.1, 0.15) is 5.82 Å². The third kappa shape index (κ3) is 3.89. The monoisotopic (exact) mass is 334 g/mol. The van der Waals surface area contributed by atoms with Gasteiger partial charge in [0.25, 0.3) is 0 Å². The van der Waals surface area contributed by atoms with Gasteiger partial charge in [0.05, 0.1) is 6.10 Å². The number of benzene rings is 1. The van der Waals surface area contributed by atoms with E-state index in [9.17, 15) is 14.3 Å². The maximum absolute atomic E-state index is 13.0. The minimum atomic E-state index is -0.592. The van der Waals surface area contributed by atoms with Crippen LogP contribution in [0.25, 0.3) is 0 Å². The standard InChI is InChI=1S/C19H27FN2O2/c1-13-3-2-4-17(13)21-19(24)22-11-9-15(10-12-22)18(23)14-5-7-16(20)8-6-14/h5-8,13,15,17-18,23H,2-4,9-12H2,1H3,(H,21,24). The van der Waals surface area contributed by atoms with Gasteiger partial charge in [0.2, 0.25) is 0 Å². The van der Waals surface area contributed by atoms with Crippen molar-refractivity contribution in [1.82, 2.24) is 10.2 Å². The molecule has 0 radical (unpaired) electrons. The quantitative estimate of drug-likeness (QED) is 0.889. The Morgan fingerprint density at radius 2 is 1.88 bits per heavy atom. The van der Waals surface area contributed by atoms with Crippen LogP contribution in [-0.2, 0) is 0 Å². The van der Waals surface area contributed by atoms with E-state index in [0.29, 0.717) is 25.0 Å². The maximum atomic E-state index is 13.0. The molecule has 3 unspecified atom stereocenters. The zero-order chi connectivity index (χ0) is 17.1. The number of carbonyl (C=O) groups is 1. The first-order valence-electron chi connectivity index (χ1n) is 9.03. The number of hydrogen-bond acceptors (Lipinski definition) is 2. The largest absolute Gasteiger partial charge is 0.388 e. The zero-order valence-electron chi connectivity index (χ0n) is 14.2. The fourth-order valence-electron chi connectivity index (χ4n) is 3.96. The van der Waals surface area contributed by atoms with Gasteiger partial charge >= 0.3 is 6.03 Å². The van der Waals surface area contributed by atoms with Crippen molar-refractivity contribution in [3.05, 3.63) is 35.6 Å². The molecule has 0 spiro atoms. The lowest BCUT2D eigenvalue weighted by molar-refractivity contribution is 0.0659. The second-order valence-corrected chi connectivity index (χ2v) is 7.29. The Bertz CT molecular complexity index is 555. The van der Waals surface area contributed by atoms with Crippen LogP contribution in [0.15, 0.2) is 24.3 Å². The van der Waals surface area contributed by atoms with Gasteiger partial charge in [-0.05, 0) is 55.2 Å². The Kier molecular flexibility index (Phi) is 5.39. The first-order chi connectivity index (χ1) is 11.5. The number of nitrogens with one attached hydrogen (secondary N) is 1. The Morgan fingerprint density at radius 1 is 1.21 bits per heavy atom. The number of piperidine rings is 1. The van der Waals surface area contributed by atoms with Crippen LogP contribution in [0.3, 0.4) is 0 Å². The average Bonchev–Trinajstić information content (AvgIpc) is 3.00. The molecule has 0 bridgehead atoms. The van der Waals surface area contributed by atoms with E-state index in [-0.39, 0.29) is 17.8 Å². The van der Waals surface area contributed by atoms with E-state index >= 15 is 0 Å². The summed E-state index contributed by atoms with van der Waals surface area (Å²) in [6.07, 6.45) is 4.41. The number of likely N-dealkylation sites (tertiary alicyclic amines) is 1. The van der Waals surface area contributed by atoms with E-state index < -0.39 is 6.10 Å². The van der Waals surface area contributed by atoms with Crippen LogP contribution in [-0.4, -0.2) is 35.2 Å². The molecule has 1 aromatic rings. The van der Waals surface area contributed by atoms with Gasteiger partial charge in [-0.15, -0.1) is 0 Å². The SMILES string of the molecule is CC1CCCC1NC(=O)N1CCC(C(O)c2ccc(F)cc2)CC1. The minimum Gasteiger partial charge on any atom is -0.388 e. The normalized spacial score (nSPS) is 26.4. The molecule has 4 nitrogen and oxygen atoms in total. The van der Waals surface area contributed by atoms with Crippen molar-refractivity contribution in [2.45, 2.75) is 51.2 Å². The average molecular weight is 334 g/mol. The predicted octanol–water partition coefficient (Wildman–Crippen LogP) is 3.47. The fraction of sp³-hybridized carbons (Fsp3) is 0.632. The van der Waals surface area contributed by atoms with Crippen molar-refractivity contribution in [3.8, 4) is 0 Å². The number of rotatable bonds is 3. The van der Waals surface area contributed by atoms with Crippen LogP contribution in [0, 0.1) is 17.7 Å². The number of aliphatic hydroxyl groups excluding tert-OH is 1. The lowest BCUT2D eigenvalue weighted by Gasteiger charge is -2.35. The smallest absolute Gasteiger partial charge is 0.317 e. The molecule has 1 aliphatic heterocycles. The Hall–Kier alpha value is -1.62. The summed E-state index contributed by atoms with van der Waals surface area (Å²) in [7, 11) is 0. The summed E-state index contributed by atoms with van der Waals surface area (Å²) in [5.41, 5.74) is 0.749. The molecular weight excluding hydrogens is 307 g/mol. The molecule has 1 aromatic carbocycles. The summed E-state index contributed by atoms with van der Waals surface area (Å²) < 4.78 is 13.0. The van der Waals surface area contributed by atoms with Gasteiger partial charge in [0, 0.05) is 19.1 Å². The highest BCUT2D eigenvalue weighted by molar-refractivity contribution is 5.74. The number of hydrogen-bond donors (Lipinski definition) is 2. The van der Waals surface area contributed by atoms with Crippen LogP contribution in [0.2, 0.25) is 0 Å². The minimum absolute atomic E-state index is 0.0310. The molecule has 3 atom stereocenters. The summed E-state index contributed by atoms with van der Waals surface area (Å²) in [5.74, 6) is 0.385. The lowest BCUT2D eigenvalue weighted by Crippen LogP contribution is -2.48. The summed E-state index contributed by atoms with van der Waals surface area (Å²) in [4.78, 5) is 14.3. The Labute approximate surface area is 143 Å². The van der Waals surface area contributed by atoms with Gasteiger partial charge in [-0.25, -0.2) is 9.18 Å². The van der Waals surface area contributed by atoms with Gasteiger partial charge in [-0.3, -0.25) is 0 Å². The van der Waals surface area contributed by atoms with Gasteiger partial charge in [0.15, 0.2) is 0 Å². The van der Waals surface area contributed by atoms with Crippen molar-refractivity contribution in [1.29, 1.82) is 0 Å². The maximum Gasteiger partial charge on any atom is 0.317 e. The van der Waals surface area contributed by atoms with Crippen molar-refractivity contribution >= 4 is 6.03 Å². The molecule has 1 heterocycles. The number of urea groups is 1. The Balaban J connectivity index is 1.49. The highest BCUT2D eigenvalue weighted by Crippen LogP contribution is 2.31. The van der Waals surface area contributed by atoms with E-state index in [1.807, 2.05) is 4.90 Å². The van der Waals surface area contributed by atoms with Crippen LogP contribution in [0.5, 0.6) is 0 Å². The molecular formula is C19H27FN2O2. The predicted molar refractivity (Wildman–Crippen MR) is 91.0 cm³/mol. The van der Waals surface area contributed by atoms with E-state index in [0.717, 1.165) is 24.8 Å². The molecule has 1 saturated heterocycles. The molecule has 2 aliphatic rings. The molecule has 2 N–H and O–H groups in total.